The Morgan fingerprint density at radius 1 is 1.15 bits per heavy atom. The molecule has 0 radical (unpaired) electrons. The van der Waals surface area contributed by atoms with Gasteiger partial charge in [0, 0.05) is 11.1 Å². The maximum atomic E-state index is 12.2. The normalized spacial score (nSPS) is 17.0. The molecule has 0 saturated carbocycles. The van der Waals surface area contributed by atoms with Gasteiger partial charge in [-0.05, 0) is 52.8 Å². The van der Waals surface area contributed by atoms with Crippen LogP contribution in [0, 0.1) is 11.5 Å². The number of aromatic hydroxyl groups is 1. The number of hydrogen-bond donors (Lipinski definition) is 2. The Balaban J connectivity index is 2.66. The molecule has 0 saturated heterocycles. The molecule has 1 aromatic rings. The van der Waals surface area contributed by atoms with Crippen molar-refractivity contribution in [2.75, 3.05) is 0 Å². The van der Waals surface area contributed by atoms with Crippen molar-refractivity contribution in [3.63, 3.8) is 0 Å². The molecule has 5 nitrogen and oxygen atoms in total. The summed E-state index contributed by atoms with van der Waals surface area (Å²) in [5.41, 5.74) is 2.85. The van der Waals surface area contributed by atoms with Gasteiger partial charge in [-0.25, -0.2) is 0 Å². The number of carbonyl (C=O) groups is 1. The smallest absolute Gasteiger partial charge is 0.286 e. The molecule has 0 spiro atoms. The van der Waals surface area contributed by atoms with Crippen LogP contribution in [0.2, 0.25) is 0 Å². The van der Waals surface area contributed by atoms with Crippen LogP contribution in [0.25, 0.3) is 5.57 Å². The number of benzene rings is 1. The van der Waals surface area contributed by atoms with E-state index in [2.05, 4.69) is 10.3 Å². The molecule has 0 aliphatic carbocycles. The van der Waals surface area contributed by atoms with Crippen molar-refractivity contribution in [2.45, 2.75) is 59.3 Å². The van der Waals surface area contributed by atoms with Gasteiger partial charge in [-0.3, -0.25) is 10.1 Å². The molecular weight excluding hydrogens is 346 g/mol. The molecule has 0 aromatic heterocycles. The standard InChI is InChI=1S/C20H25N3O2S/c1-11(16-17(25)23-18(26-16)22-10-21)12-8-13(19(2,3)4)15(24)14(9-12)20(5,6)7/h8-9,24H,1-7H3,(H,22,23,25)/b16-11+. The van der Waals surface area contributed by atoms with Crippen LogP contribution in [0.3, 0.4) is 0 Å². The van der Waals surface area contributed by atoms with Crippen molar-refractivity contribution in [1.29, 1.82) is 5.26 Å². The molecule has 6 heteroatoms. The highest BCUT2D eigenvalue weighted by Crippen LogP contribution is 2.42. The minimum Gasteiger partial charge on any atom is -0.507 e. The first-order valence-corrected chi connectivity index (χ1v) is 9.23. The zero-order valence-corrected chi connectivity index (χ0v) is 17.1. The minimum absolute atomic E-state index is 0.248. The molecule has 1 amide bonds. The Morgan fingerprint density at radius 3 is 2.08 bits per heavy atom. The first-order chi connectivity index (χ1) is 11.9. The van der Waals surface area contributed by atoms with Crippen LogP contribution in [0.4, 0.5) is 0 Å². The van der Waals surface area contributed by atoms with E-state index >= 15 is 0 Å². The number of phenols is 1. The van der Waals surface area contributed by atoms with Crippen molar-refractivity contribution >= 4 is 28.4 Å². The van der Waals surface area contributed by atoms with E-state index in [0.717, 1.165) is 34.0 Å². The summed E-state index contributed by atoms with van der Waals surface area (Å²) in [5.74, 6) is -0.0482. The lowest BCUT2D eigenvalue weighted by atomic mass is 9.78. The van der Waals surface area contributed by atoms with Gasteiger partial charge < -0.3 is 5.11 Å². The summed E-state index contributed by atoms with van der Waals surface area (Å²) in [4.78, 5) is 16.6. The molecule has 1 aromatic carbocycles. The van der Waals surface area contributed by atoms with E-state index in [4.69, 9.17) is 5.26 Å². The zero-order valence-electron chi connectivity index (χ0n) is 16.3. The lowest BCUT2D eigenvalue weighted by molar-refractivity contribution is -0.113. The van der Waals surface area contributed by atoms with E-state index in [1.807, 2.05) is 60.6 Å². The molecule has 0 unspecified atom stereocenters. The highest BCUT2D eigenvalue weighted by atomic mass is 32.2. The predicted octanol–water partition coefficient (Wildman–Crippen LogP) is 4.42. The maximum absolute atomic E-state index is 12.2. The number of allylic oxidation sites excluding steroid dienone is 1. The average molecular weight is 372 g/mol. The quantitative estimate of drug-likeness (QED) is 0.434. The number of thioether (sulfide) groups is 1. The summed E-state index contributed by atoms with van der Waals surface area (Å²) in [6.07, 6.45) is 1.79. The Labute approximate surface area is 159 Å². The van der Waals surface area contributed by atoms with Gasteiger partial charge in [0.1, 0.15) is 5.75 Å². The third-order valence-electron chi connectivity index (χ3n) is 4.26. The predicted molar refractivity (Wildman–Crippen MR) is 107 cm³/mol. The summed E-state index contributed by atoms with van der Waals surface area (Å²) in [7, 11) is 0. The van der Waals surface area contributed by atoms with Crippen LogP contribution >= 0.6 is 11.8 Å². The monoisotopic (exact) mass is 371 g/mol. The number of hydrogen-bond acceptors (Lipinski definition) is 5. The van der Waals surface area contributed by atoms with Crippen LogP contribution in [-0.4, -0.2) is 16.2 Å². The minimum atomic E-state index is -0.354. The molecule has 1 heterocycles. The lowest BCUT2D eigenvalue weighted by Crippen LogP contribution is -2.17. The summed E-state index contributed by atoms with van der Waals surface area (Å²) in [6, 6.07) is 3.88. The van der Waals surface area contributed by atoms with Gasteiger partial charge in [0.15, 0.2) is 11.4 Å². The molecule has 2 N–H and O–H groups in total. The van der Waals surface area contributed by atoms with Gasteiger partial charge in [0.25, 0.3) is 5.91 Å². The van der Waals surface area contributed by atoms with Gasteiger partial charge in [-0.15, -0.1) is 0 Å². The topological polar surface area (TPSA) is 85.5 Å². The first kappa shape index (κ1) is 20.1. The second-order valence-corrected chi connectivity index (χ2v) is 9.43. The van der Waals surface area contributed by atoms with Crippen LogP contribution in [0.15, 0.2) is 22.0 Å². The van der Waals surface area contributed by atoms with Crippen LogP contribution in [-0.2, 0) is 15.6 Å². The Kier molecular flexibility index (Phi) is 5.25. The van der Waals surface area contributed by atoms with Crippen LogP contribution in [0.5, 0.6) is 5.75 Å². The molecule has 2 rings (SSSR count). The number of nitrogens with one attached hydrogen (secondary N) is 1. The number of nitriles is 1. The number of amidine groups is 1. The lowest BCUT2D eigenvalue weighted by Gasteiger charge is -2.28. The molecule has 1 aliphatic rings. The molecule has 1 aliphatic heterocycles. The fraction of sp³-hybridized carbons (Fsp3) is 0.450. The number of rotatable bonds is 1. The number of phenolic OH excluding ortho intramolecular Hbond substituents is 1. The number of nitrogens with zero attached hydrogens (tertiary/aromatic N) is 2. The van der Waals surface area contributed by atoms with Crippen LogP contribution in [0.1, 0.15) is 65.2 Å². The summed E-state index contributed by atoms with van der Waals surface area (Å²) >= 11 is 1.16. The zero-order chi connectivity index (χ0) is 19.9. The number of carbonyl (C=O) groups excluding carboxylic acids is 1. The largest absolute Gasteiger partial charge is 0.507 e. The van der Waals surface area contributed by atoms with E-state index < -0.39 is 0 Å². The van der Waals surface area contributed by atoms with Crippen molar-refractivity contribution in [3.05, 3.63) is 33.7 Å². The van der Waals surface area contributed by atoms with E-state index in [9.17, 15) is 9.90 Å². The molecular formula is C20H25N3O2S. The highest BCUT2D eigenvalue weighted by Gasteiger charge is 2.29. The van der Waals surface area contributed by atoms with Gasteiger partial charge >= 0.3 is 0 Å². The fourth-order valence-corrected chi connectivity index (χ4v) is 3.59. The van der Waals surface area contributed by atoms with Crippen molar-refractivity contribution in [1.82, 2.24) is 5.32 Å². The van der Waals surface area contributed by atoms with Gasteiger partial charge in [0.05, 0.1) is 4.91 Å². The Hall–Kier alpha value is -2.26. The molecule has 0 atom stereocenters. The average Bonchev–Trinajstić information content (AvgIpc) is 2.85. The SMILES string of the molecule is C/C(=C1\SC(NC#N)=NC1=O)c1cc(C(C)(C)C)c(O)c(C(C)(C)C)c1. The Bertz CT molecular complexity index is 828. The van der Waals surface area contributed by atoms with Crippen LogP contribution < -0.4 is 5.32 Å². The summed E-state index contributed by atoms with van der Waals surface area (Å²) in [5, 5.41) is 22.3. The molecule has 138 valence electrons. The fourth-order valence-electron chi connectivity index (χ4n) is 2.77. The van der Waals surface area contributed by atoms with E-state index in [1.54, 1.807) is 6.19 Å². The van der Waals surface area contributed by atoms with Gasteiger partial charge in [-0.1, -0.05) is 41.5 Å². The third kappa shape index (κ3) is 3.94. The highest BCUT2D eigenvalue weighted by molar-refractivity contribution is 8.18. The second-order valence-electron chi connectivity index (χ2n) is 8.44. The van der Waals surface area contributed by atoms with E-state index in [1.165, 1.54) is 0 Å². The van der Waals surface area contributed by atoms with Gasteiger partial charge in [0.2, 0.25) is 0 Å². The van der Waals surface area contributed by atoms with Crippen molar-refractivity contribution in [2.24, 2.45) is 4.99 Å². The van der Waals surface area contributed by atoms with Crippen molar-refractivity contribution in [3.8, 4) is 11.9 Å². The second kappa shape index (κ2) is 6.81. The third-order valence-corrected chi connectivity index (χ3v) is 5.33. The van der Waals surface area contributed by atoms with E-state index in [-0.39, 0.29) is 21.9 Å². The summed E-state index contributed by atoms with van der Waals surface area (Å²) < 4.78 is 0. The number of amides is 1. The van der Waals surface area contributed by atoms with E-state index in [0.29, 0.717) is 10.7 Å². The molecule has 0 bridgehead atoms. The van der Waals surface area contributed by atoms with Gasteiger partial charge in [-0.2, -0.15) is 10.3 Å². The van der Waals surface area contributed by atoms with Crippen molar-refractivity contribution < 1.29 is 9.90 Å². The molecule has 26 heavy (non-hydrogen) atoms. The Morgan fingerprint density at radius 2 is 1.65 bits per heavy atom. The maximum Gasteiger partial charge on any atom is 0.286 e. The number of aliphatic imine (C=N–C) groups is 1. The molecule has 0 fully saturated rings. The summed E-state index contributed by atoms with van der Waals surface area (Å²) in [6.45, 7) is 14.2. The first-order valence-electron chi connectivity index (χ1n) is 8.41.